The van der Waals surface area contributed by atoms with Crippen molar-refractivity contribution in [2.45, 2.75) is 25.0 Å². The molecule has 0 spiro atoms. The van der Waals surface area contributed by atoms with E-state index in [1.807, 2.05) is 0 Å². The van der Waals surface area contributed by atoms with Crippen molar-refractivity contribution < 1.29 is 23.1 Å². The molecule has 0 atom stereocenters. The van der Waals surface area contributed by atoms with Gasteiger partial charge in [-0.25, -0.2) is 8.42 Å². The maximum atomic E-state index is 11.4. The Labute approximate surface area is 82.0 Å². The van der Waals surface area contributed by atoms with E-state index in [9.17, 15) is 18.0 Å². The van der Waals surface area contributed by atoms with E-state index in [1.54, 1.807) is 0 Å². The van der Waals surface area contributed by atoms with Crippen LogP contribution in [0.25, 0.3) is 0 Å². The number of rotatable bonds is 5. The second kappa shape index (κ2) is 3.95. The predicted octanol–water partition coefficient (Wildman–Crippen LogP) is -0.860. The van der Waals surface area contributed by atoms with Crippen molar-refractivity contribution in [2.75, 3.05) is 5.75 Å². The van der Waals surface area contributed by atoms with Crippen LogP contribution in [-0.4, -0.2) is 35.9 Å². The highest BCUT2D eigenvalue weighted by atomic mass is 32.2. The monoisotopic (exact) mass is 223 g/mol. The Balaban J connectivity index is 4.80. The maximum Gasteiger partial charge on any atom is 0.324 e. The van der Waals surface area contributed by atoms with Crippen LogP contribution >= 0.6 is 0 Å². The van der Waals surface area contributed by atoms with Gasteiger partial charge >= 0.3 is 5.97 Å². The van der Waals surface area contributed by atoms with Gasteiger partial charge in [0.25, 0.3) is 0 Å². The Kier molecular flexibility index (Phi) is 3.64. The van der Waals surface area contributed by atoms with E-state index in [1.165, 1.54) is 0 Å². The lowest BCUT2D eigenvalue weighted by molar-refractivity contribution is -0.139. The zero-order chi connectivity index (χ0) is 11.6. The summed E-state index contributed by atoms with van der Waals surface area (Å²) >= 11 is 0. The zero-order valence-corrected chi connectivity index (χ0v) is 8.80. The van der Waals surface area contributed by atoms with Gasteiger partial charge in [-0.2, -0.15) is 0 Å². The fraction of sp³-hybridized carbons (Fsp3) is 0.714. The number of sulfone groups is 1. The van der Waals surface area contributed by atoms with Gasteiger partial charge in [0.2, 0.25) is 5.91 Å². The second-order valence-electron chi connectivity index (χ2n) is 3.35. The van der Waals surface area contributed by atoms with Gasteiger partial charge in [-0.3, -0.25) is 9.59 Å². The minimum absolute atomic E-state index is 0.362. The van der Waals surface area contributed by atoms with E-state index in [0.29, 0.717) is 0 Å². The fourth-order valence-corrected chi connectivity index (χ4v) is 1.87. The topological polar surface area (TPSA) is 115 Å². The Morgan fingerprint density at radius 1 is 1.36 bits per heavy atom. The van der Waals surface area contributed by atoms with Crippen LogP contribution in [0.2, 0.25) is 0 Å². The Morgan fingerprint density at radius 2 is 1.79 bits per heavy atom. The van der Waals surface area contributed by atoms with Gasteiger partial charge in [-0.1, -0.05) is 0 Å². The van der Waals surface area contributed by atoms with Crippen molar-refractivity contribution in [1.82, 2.24) is 0 Å². The molecular formula is C7H13NO5S. The van der Waals surface area contributed by atoms with Crippen molar-refractivity contribution in [3.63, 3.8) is 0 Å². The van der Waals surface area contributed by atoms with E-state index in [2.05, 4.69) is 0 Å². The first kappa shape index (κ1) is 12.9. The molecule has 0 unspecified atom stereocenters. The predicted molar refractivity (Wildman–Crippen MR) is 49.3 cm³/mol. The van der Waals surface area contributed by atoms with Crippen molar-refractivity contribution in [3.05, 3.63) is 0 Å². The molecule has 0 bridgehead atoms. The molecule has 0 aromatic carbocycles. The molecular weight excluding hydrogens is 210 g/mol. The molecule has 1 amide bonds. The van der Waals surface area contributed by atoms with E-state index >= 15 is 0 Å². The summed E-state index contributed by atoms with van der Waals surface area (Å²) in [5, 5.41) is 8.65. The summed E-state index contributed by atoms with van der Waals surface area (Å²) in [6.07, 6.45) is -0.362. The number of carbonyl (C=O) groups is 2. The molecule has 0 rings (SSSR count). The van der Waals surface area contributed by atoms with Gasteiger partial charge < -0.3 is 10.8 Å². The number of carbonyl (C=O) groups excluding carboxylic acids is 1. The largest absolute Gasteiger partial charge is 0.480 e. The molecule has 0 aromatic rings. The molecule has 0 aliphatic rings. The number of carboxylic acids is 1. The van der Waals surface area contributed by atoms with Gasteiger partial charge in [0.05, 0.1) is 5.75 Å². The average molecular weight is 223 g/mol. The number of amides is 1. The molecule has 6 nitrogen and oxygen atoms in total. The average Bonchev–Trinajstić information content (AvgIpc) is 2.00. The van der Waals surface area contributed by atoms with Crippen molar-refractivity contribution in [2.24, 2.45) is 5.73 Å². The molecule has 0 saturated carbocycles. The Morgan fingerprint density at radius 3 is 2.07 bits per heavy atom. The first-order chi connectivity index (χ1) is 6.11. The van der Waals surface area contributed by atoms with E-state index in [-0.39, 0.29) is 6.42 Å². The van der Waals surface area contributed by atoms with E-state index in [0.717, 1.165) is 13.8 Å². The first-order valence-corrected chi connectivity index (χ1v) is 5.50. The second-order valence-corrected chi connectivity index (χ2v) is 6.01. The lowest BCUT2D eigenvalue weighted by Gasteiger charge is -2.18. The lowest BCUT2D eigenvalue weighted by Crippen LogP contribution is -2.42. The van der Waals surface area contributed by atoms with Crippen LogP contribution < -0.4 is 5.73 Å². The number of carboxylic acid groups (broad SMARTS) is 1. The van der Waals surface area contributed by atoms with E-state index < -0.39 is 32.2 Å². The van der Waals surface area contributed by atoms with Crippen LogP contribution in [0.4, 0.5) is 0 Å². The molecule has 7 heteroatoms. The quantitative estimate of drug-likeness (QED) is 0.629. The molecule has 0 fully saturated rings. The molecule has 3 N–H and O–H groups in total. The Hall–Kier alpha value is -1.11. The number of primary amides is 1. The SMILES string of the molecule is CC(C)(C(=O)O)S(=O)(=O)CCC(N)=O. The molecule has 0 aromatic heterocycles. The molecule has 14 heavy (non-hydrogen) atoms. The van der Waals surface area contributed by atoms with Crippen molar-refractivity contribution in [1.29, 1.82) is 0 Å². The smallest absolute Gasteiger partial charge is 0.324 e. The Bertz CT molecular complexity index is 343. The van der Waals surface area contributed by atoms with Crippen LogP contribution in [0.15, 0.2) is 0 Å². The summed E-state index contributed by atoms with van der Waals surface area (Å²) in [5.74, 6) is -2.75. The number of aliphatic carboxylic acids is 1. The highest BCUT2D eigenvalue weighted by Gasteiger charge is 2.41. The minimum Gasteiger partial charge on any atom is -0.480 e. The van der Waals surface area contributed by atoms with Gasteiger partial charge in [0, 0.05) is 6.42 Å². The summed E-state index contributed by atoms with van der Waals surface area (Å²) < 4.78 is 20.9. The molecule has 0 heterocycles. The molecule has 0 saturated heterocycles. The van der Waals surface area contributed by atoms with Gasteiger partial charge in [0.15, 0.2) is 14.6 Å². The van der Waals surface area contributed by atoms with Crippen LogP contribution in [0.3, 0.4) is 0 Å². The zero-order valence-electron chi connectivity index (χ0n) is 7.98. The first-order valence-electron chi connectivity index (χ1n) is 3.85. The summed E-state index contributed by atoms with van der Waals surface area (Å²) in [7, 11) is -3.85. The van der Waals surface area contributed by atoms with Gasteiger partial charge in [-0.15, -0.1) is 0 Å². The van der Waals surface area contributed by atoms with Crippen LogP contribution in [0.1, 0.15) is 20.3 Å². The van der Waals surface area contributed by atoms with E-state index in [4.69, 9.17) is 10.8 Å². The van der Waals surface area contributed by atoms with Crippen molar-refractivity contribution >= 4 is 21.7 Å². The highest BCUT2D eigenvalue weighted by Crippen LogP contribution is 2.18. The van der Waals surface area contributed by atoms with Crippen molar-refractivity contribution in [3.8, 4) is 0 Å². The third-order valence-electron chi connectivity index (χ3n) is 1.91. The molecule has 82 valence electrons. The summed E-state index contributed by atoms with van der Waals surface area (Å²) in [4.78, 5) is 21.0. The highest BCUT2D eigenvalue weighted by molar-refractivity contribution is 7.93. The minimum atomic E-state index is -3.85. The third kappa shape index (κ3) is 2.69. The third-order valence-corrected chi connectivity index (χ3v) is 4.38. The molecule has 0 radical (unpaired) electrons. The van der Waals surface area contributed by atoms with Crippen LogP contribution in [0, 0.1) is 0 Å². The fourth-order valence-electron chi connectivity index (χ4n) is 0.623. The number of nitrogens with two attached hydrogens (primary N) is 1. The van der Waals surface area contributed by atoms with Gasteiger partial charge in [0.1, 0.15) is 0 Å². The summed E-state index contributed by atoms with van der Waals surface area (Å²) in [5.41, 5.74) is 4.77. The van der Waals surface area contributed by atoms with Gasteiger partial charge in [-0.05, 0) is 13.8 Å². The van der Waals surface area contributed by atoms with Crippen LogP contribution in [-0.2, 0) is 19.4 Å². The molecule has 0 aliphatic heterocycles. The normalized spacial score (nSPS) is 12.4. The lowest BCUT2D eigenvalue weighted by atomic mass is 10.2. The maximum absolute atomic E-state index is 11.4. The standard InChI is InChI=1S/C7H13NO5S/c1-7(2,6(10)11)14(12,13)4-3-5(8)9/h3-4H2,1-2H3,(H2,8,9)(H,10,11). The summed E-state index contributed by atoms with van der Waals surface area (Å²) in [6, 6.07) is 0. The molecule has 0 aliphatic carbocycles. The van der Waals surface area contributed by atoms with Crippen LogP contribution in [0.5, 0.6) is 0 Å². The number of hydrogen-bond acceptors (Lipinski definition) is 4. The number of hydrogen-bond donors (Lipinski definition) is 2. The summed E-state index contributed by atoms with van der Waals surface area (Å²) in [6.45, 7) is 2.15.